The lowest BCUT2D eigenvalue weighted by Gasteiger charge is -2.35. The normalized spacial score (nSPS) is 18.0. The van der Waals surface area contributed by atoms with Gasteiger partial charge >= 0.3 is 0 Å². The van der Waals surface area contributed by atoms with Crippen molar-refractivity contribution in [3.8, 4) is 11.5 Å². The van der Waals surface area contributed by atoms with Gasteiger partial charge in [0.1, 0.15) is 0 Å². The molecule has 0 spiro atoms. The molecule has 0 radical (unpaired) electrons. The topological polar surface area (TPSA) is 33.7 Å². The van der Waals surface area contributed by atoms with Crippen molar-refractivity contribution < 1.29 is 9.47 Å². The molecule has 0 aromatic heterocycles. The molecule has 1 aromatic carbocycles. The fourth-order valence-electron chi connectivity index (χ4n) is 3.02. The van der Waals surface area contributed by atoms with Gasteiger partial charge in [0.15, 0.2) is 11.5 Å². The second-order valence-corrected chi connectivity index (χ2v) is 5.25. The van der Waals surface area contributed by atoms with Crippen molar-refractivity contribution in [2.24, 2.45) is 0 Å². The summed E-state index contributed by atoms with van der Waals surface area (Å²) in [5, 5.41) is 3.41. The maximum Gasteiger partial charge on any atom is 0.231 e. The molecule has 0 aliphatic carbocycles. The smallest absolute Gasteiger partial charge is 0.231 e. The first-order valence-electron chi connectivity index (χ1n) is 7.34. The van der Waals surface area contributed by atoms with Crippen LogP contribution in [0.2, 0.25) is 0 Å². The third-order valence-corrected chi connectivity index (χ3v) is 4.02. The van der Waals surface area contributed by atoms with Crippen LogP contribution < -0.4 is 14.8 Å². The third kappa shape index (κ3) is 4.07. The van der Waals surface area contributed by atoms with E-state index in [-0.39, 0.29) is 24.8 Å². The van der Waals surface area contributed by atoms with Crippen LogP contribution in [0, 0.1) is 0 Å². The summed E-state index contributed by atoms with van der Waals surface area (Å²) in [5.74, 6) is 1.81. The number of nitrogens with one attached hydrogen (secondary N) is 1. The van der Waals surface area contributed by atoms with E-state index in [1.807, 2.05) is 12.1 Å². The molecule has 1 atom stereocenters. The van der Waals surface area contributed by atoms with E-state index in [2.05, 4.69) is 28.9 Å². The second kappa shape index (κ2) is 9.26. The van der Waals surface area contributed by atoms with Crippen molar-refractivity contribution in [3.05, 3.63) is 36.4 Å². The molecule has 6 heteroatoms. The monoisotopic (exact) mass is 346 g/mol. The van der Waals surface area contributed by atoms with Crippen LogP contribution in [0.3, 0.4) is 0 Å². The average Bonchev–Trinajstić information content (AvgIpc) is 2.98. The largest absolute Gasteiger partial charge is 0.454 e. The molecule has 3 rings (SSSR count). The average molecular weight is 347 g/mol. The number of nitrogens with zero attached hydrogens (tertiary/aromatic N) is 1. The van der Waals surface area contributed by atoms with Crippen LogP contribution in [0.15, 0.2) is 30.9 Å². The number of benzene rings is 1. The van der Waals surface area contributed by atoms with Gasteiger partial charge in [0.05, 0.1) is 0 Å². The summed E-state index contributed by atoms with van der Waals surface area (Å²) in [4.78, 5) is 2.54. The highest BCUT2D eigenvalue weighted by atomic mass is 35.5. The van der Waals surface area contributed by atoms with Gasteiger partial charge in [0.25, 0.3) is 0 Å². The molecule has 4 nitrogen and oxygen atoms in total. The van der Waals surface area contributed by atoms with Crippen molar-refractivity contribution in [2.75, 3.05) is 33.0 Å². The molecule has 22 heavy (non-hydrogen) atoms. The maximum atomic E-state index is 5.69. The van der Waals surface area contributed by atoms with Crippen LogP contribution >= 0.6 is 24.8 Å². The number of piperazine rings is 1. The Bertz CT molecular complexity index is 479. The van der Waals surface area contributed by atoms with E-state index in [1.54, 1.807) is 0 Å². The van der Waals surface area contributed by atoms with E-state index in [0.29, 0.717) is 12.8 Å². The zero-order valence-corrected chi connectivity index (χ0v) is 14.3. The van der Waals surface area contributed by atoms with Crippen LogP contribution in [-0.4, -0.2) is 37.9 Å². The van der Waals surface area contributed by atoms with E-state index in [9.17, 15) is 0 Å². The molecule has 1 N–H and O–H groups in total. The number of ether oxygens (including phenoxy) is 2. The van der Waals surface area contributed by atoms with Crippen LogP contribution in [0.5, 0.6) is 11.5 Å². The molecule has 1 saturated heterocycles. The molecule has 0 amide bonds. The van der Waals surface area contributed by atoms with E-state index >= 15 is 0 Å². The summed E-state index contributed by atoms with van der Waals surface area (Å²) in [5.41, 5.74) is 1.25. The first-order chi connectivity index (χ1) is 9.90. The molecule has 0 unspecified atom stereocenters. The standard InChI is InChI=1S/C16H22N2O2.2ClH/c1-2-3-6-14(18-10-8-17-9-11-18)13-5-4-7-15-16(13)20-12-19-15;;/h2,4-5,7,14,17H,1,3,6,8-12H2;2*1H/t14-;;/m0../s1. The Morgan fingerprint density at radius 3 is 2.73 bits per heavy atom. The Labute approximate surface area is 144 Å². The van der Waals surface area contributed by atoms with E-state index in [0.717, 1.165) is 50.5 Å². The van der Waals surface area contributed by atoms with Crippen molar-refractivity contribution in [2.45, 2.75) is 18.9 Å². The van der Waals surface area contributed by atoms with Gasteiger partial charge in [-0.3, -0.25) is 4.90 Å². The number of halogens is 2. The number of hydrogen-bond acceptors (Lipinski definition) is 4. The number of rotatable bonds is 5. The van der Waals surface area contributed by atoms with Gasteiger partial charge in [-0.2, -0.15) is 0 Å². The minimum Gasteiger partial charge on any atom is -0.454 e. The highest BCUT2D eigenvalue weighted by Crippen LogP contribution is 2.41. The molecule has 2 heterocycles. The zero-order chi connectivity index (χ0) is 13.8. The first kappa shape index (κ1) is 19.1. The Kier molecular flexibility index (Phi) is 8.04. The van der Waals surface area contributed by atoms with Crippen LogP contribution in [-0.2, 0) is 0 Å². The highest BCUT2D eigenvalue weighted by Gasteiger charge is 2.27. The Balaban J connectivity index is 0.00000121. The Hall–Kier alpha value is -0.940. The lowest BCUT2D eigenvalue weighted by Crippen LogP contribution is -2.45. The summed E-state index contributed by atoms with van der Waals surface area (Å²) in [6.07, 6.45) is 4.08. The Morgan fingerprint density at radius 1 is 1.23 bits per heavy atom. The molecule has 124 valence electrons. The van der Waals surface area contributed by atoms with Gasteiger partial charge in [-0.05, 0) is 18.9 Å². The van der Waals surface area contributed by atoms with Gasteiger partial charge in [-0.15, -0.1) is 31.4 Å². The van der Waals surface area contributed by atoms with Gasteiger partial charge in [-0.1, -0.05) is 18.2 Å². The fraction of sp³-hybridized carbons (Fsp3) is 0.500. The van der Waals surface area contributed by atoms with Gasteiger partial charge in [0.2, 0.25) is 6.79 Å². The summed E-state index contributed by atoms with van der Waals surface area (Å²) in [7, 11) is 0. The number of hydrogen-bond donors (Lipinski definition) is 1. The lowest BCUT2D eigenvalue weighted by atomic mass is 9.98. The van der Waals surface area contributed by atoms with E-state index in [1.165, 1.54) is 5.56 Å². The minimum atomic E-state index is 0. The quantitative estimate of drug-likeness (QED) is 0.830. The minimum absolute atomic E-state index is 0. The predicted octanol–water partition coefficient (Wildman–Crippen LogP) is 3.17. The zero-order valence-electron chi connectivity index (χ0n) is 12.6. The van der Waals surface area contributed by atoms with Crippen molar-refractivity contribution >= 4 is 24.8 Å². The molecular formula is C16H24Cl2N2O2. The highest BCUT2D eigenvalue weighted by molar-refractivity contribution is 5.85. The summed E-state index contributed by atoms with van der Waals surface area (Å²) in [6.45, 7) is 8.45. The third-order valence-electron chi connectivity index (χ3n) is 4.02. The molecule has 0 saturated carbocycles. The van der Waals surface area contributed by atoms with Crippen molar-refractivity contribution in [3.63, 3.8) is 0 Å². The van der Waals surface area contributed by atoms with E-state index in [4.69, 9.17) is 9.47 Å². The van der Waals surface area contributed by atoms with Gasteiger partial charge in [-0.25, -0.2) is 0 Å². The summed E-state index contributed by atoms with van der Waals surface area (Å²) < 4.78 is 11.2. The SMILES string of the molecule is C=CCC[C@@H](c1cccc2c1OCO2)N1CCNCC1.Cl.Cl. The molecule has 2 aliphatic heterocycles. The molecular weight excluding hydrogens is 323 g/mol. The van der Waals surface area contributed by atoms with Gasteiger partial charge in [0, 0.05) is 37.8 Å². The predicted molar refractivity (Wildman–Crippen MR) is 93.7 cm³/mol. The maximum absolute atomic E-state index is 5.69. The summed E-state index contributed by atoms with van der Waals surface area (Å²) in [6, 6.07) is 6.59. The molecule has 1 aromatic rings. The molecule has 1 fully saturated rings. The van der Waals surface area contributed by atoms with Crippen LogP contribution in [0.1, 0.15) is 24.4 Å². The number of allylic oxidation sites excluding steroid dienone is 1. The van der Waals surface area contributed by atoms with Gasteiger partial charge < -0.3 is 14.8 Å². The molecule has 2 aliphatic rings. The first-order valence-corrected chi connectivity index (χ1v) is 7.34. The summed E-state index contributed by atoms with van der Waals surface area (Å²) >= 11 is 0. The number of para-hydroxylation sites is 1. The van der Waals surface area contributed by atoms with Crippen molar-refractivity contribution in [1.82, 2.24) is 10.2 Å². The second-order valence-electron chi connectivity index (χ2n) is 5.25. The van der Waals surface area contributed by atoms with E-state index < -0.39 is 0 Å². The molecule has 0 bridgehead atoms. The van der Waals surface area contributed by atoms with Crippen LogP contribution in [0.25, 0.3) is 0 Å². The number of fused-ring (bicyclic) bond motifs is 1. The van der Waals surface area contributed by atoms with Crippen LogP contribution in [0.4, 0.5) is 0 Å². The lowest BCUT2D eigenvalue weighted by molar-refractivity contribution is 0.154. The Morgan fingerprint density at radius 2 is 2.00 bits per heavy atom. The van der Waals surface area contributed by atoms with Crippen molar-refractivity contribution in [1.29, 1.82) is 0 Å². The fourth-order valence-corrected chi connectivity index (χ4v) is 3.02.